The van der Waals surface area contributed by atoms with Crippen LogP contribution in [0.15, 0.2) is 18.2 Å². The average molecular weight is 374 g/mol. The van der Waals surface area contributed by atoms with E-state index in [1.807, 2.05) is 6.92 Å². The third-order valence-electron chi connectivity index (χ3n) is 4.93. The standard InChI is InChI=1S/C20H26N2O5/c1-4-26-16-9-8-15(12-17(16)25-3)19(24)27-13-18(23)22(2)20(14-21)10-6-5-7-11-20/h8-9,12H,4-7,10-11,13H2,1-3H3. The predicted molar refractivity (Wildman–Crippen MR) is 98.6 cm³/mol. The second-order valence-corrected chi connectivity index (χ2v) is 6.53. The highest BCUT2D eigenvalue weighted by Gasteiger charge is 2.39. The second-order valence-electron chi connectivity index (χ2n) is 6.53. The SMILES string of the molecule is CCOc1ccc(C(=O)OCC(=O)N(C)C2(C#N)CCCCC2)cc1OC. The van der Waals surface area contributed by atoms with Crippen LogP contribution in [0.5, 0.6) is 11.5 Å². The number of methoxy groups -OCH3 is 1. The van der Waals surface area contributed by atoms with Gasteiger partial charge in [-0.15, -0.1) is 0 Å². The van der Waals surface area contributed by atoms with Crippen molar-refractivity contribution in [3.63, 3.8) is 0 Å². The van der Waals surface area contributed by atoms with Gasteiger partial charge in [-0.3, -0.25) is 4.79 Å². The van der Waals surface area contributed by atoms with Crippen molar-refractivity contribution in [2.45, 2.75) is 44.6 Å². The third-order valence-corrected chi connectivity index (χ3v) is 4.93. The van der Waals surface area contributed by atoms with E-state index < -0.39 is 18.1 Å². The fourth-order valence-electron chi connectivity index (χ4n) is 3.27. The van der Waals surface area contributed by atoms with Crippen molar-refractivity contribution in [1.82, 2.24) is 4.90 Å². The van der Waals surface area contributed by atoms with Crippen LogP contribution < -0.4 is 9.47 Å². The average Bonchev–Trinajstić information content (AvgIpc) is 2.72. The molecule has 27 heavy (non-hydrogen) atoms. The Hall–Kier alpha value is -2.75. The molecule has 1 aromatic carbocycles. The summed E-state index contributed by atoms with van der Waals surface area (Å²) in [6, 6.07) is 6.98. The molecule has 0 spiro atoms. The van der Waals surface area contributed by atoms with Crippen LogP contribution in [0.2, 0.25) is 0 Å². The molecule has 1 aromatic rings. The summed E-state index contributed by atoms with van der Waals surface area (Å²) >= 11 is 0. The van der Waals surface area contributed by atoms with E-state index in [1.54, 1.807) is 19.2 Å². The molecule has 0 saturated heterocycles. The Bertz CT molecular complexity index is 720. The van der Waals surface area contributed by atoms with Crippen LogP contribution in [-0.4, -0.2) is 49.7 Å². The van der Waals surface area contributed by atoms with Crippen LogP contribution in [-0.2, 0) is 9.53 Å². The van der Waals surface area contributed by atoms with Crippen molar-refractivity contribution in [1.29, 1.82) is 5.26 Å². The number of hydrogen-bond acceptors (Lipinski definition) is 6. The largest absolute Gasteiger partial charge is 0.493 e. The minimum Gasteiger partial charge on any atom is -0.493 e. The number of ether oxygens (including phenoxy) is 3. The first kappa shape index (κ1) is 20.6. The molecular formula is C20H26N2O5. The molecule has 1 fully saturated rings. The number of amides is 1. The summed E-state index contributed by atoms with van der Waals surface area (Å²) in [4.78, 5) is 26.2. The van der Waals surface area contributed by atoms with Gasteiger partial charge >= 0.3 is 5.97 Å². The molecule has 1 aliphatic carbocycles. The highest BCUT2D eigenvalue weighted by molar-refractivity contribution is 5.92. The van der Waals surface area contributed by atoms with Gasteiger partial charge in [0.1, 0.15) is 5.54 Å². The maximum absolute atomic E-state index is 12.5. The van der Waals surface area contributed by atoms with Crippen LogP contribution in [0.1, 0.15) is 49.4 Å². The van der Waals surface area contributed by atoms with Crippen molar-refractivity contribution in [2.75, 3.05) is 27.4 Å². The summed E-state index contributed by atoms with van der Waals surface area (Å²) in [5.74, 6) is -0.0709. The minimum absolute atomic E-state index is 0.262. The Morgan fingerprint density at radius 1 is 1.22 bits per heavy atom. The van der Waals surface area contributed by atoms with Gasteiger partial charge in [-0.1, -0.05) is 19.3 Å². The molecule has 1 saturated carbocycles. The highest BCUT2D eigenvalue weighted by atomic mass is 16.5. The number of hydrogen-bond donors (Lipinski definition) is 0. The normalized spacial score (nSPS) is 15.3. The molecule has 0 radical (unpaired) electrons. The summed E-state index contributed by atoms with van der Waals surface area (Å²) in [6.45, 7) is 1.92. The number of carbonyl (C=O) groups excluding carboxylic acids is 2. The second kappa shape index (κ2) is 9.26. The highest BCUT2D eigenvalue weighted by Crippen LogP contribution is 2.32. The van der Waals surface area contributed by atoms with E-state index in [4.69, 9.17) is 14.2 Å². The monoisotopic (exact) mass is 374 g/mol. The number of carbonyl (C=O) groups is 2. The van der Waals surface area contributed by atoms with Gasteiger partial charge in [0.2, 0.25) is 0 Å². The zero-order valence-corrected chi connectivity index (χ0v) is 16.1. The van der Waals surface area contributed by atoms with Gasteiger partial charge < -0.3 is 19.1 Å². The molecule has 0 aliphatic heterocycles. The van der Waals surface area contributed by atoms with Gasteiger partial charge in [0.25, 0.3) is 5.91 Å². The van der Waals surface area contributed by atoms with Crippen molar-refractivity contribution in [2.24, 2.45) is 0 Å². The first-order chi connectivity index (χ1) is 13.0. The van der Waals surface area contributed by atoms with E-state index in [0.29, 0.717) is 30.9 Å². The van der Waals surface area contributed by atoms with E-state index in [2.05, 4.69) is 6.07 Å². The number of esters is 1. The van der Waals surface area contributed by atoms with Crippen LogP contribution in [0.4, 0.5) is 0 Å². The number of nitrogens with zero attached hydrogens (tertiary/aromatic N) is 2. The van der Waals surface area contributed by atoms with Gasteiger partial charge in [0.05, 0.1) is 25.3 Å². The molecule has 1 aliphatic rings. The molecule has 1 amide bonds. The van der Waals surface area contributed by atoms with Crippen molar-refractivity contribution < 1.29 is 23.8 Å². The summed E-state index contributed by atoms with van der Waals surface area (Å²) in [5.41, 5.74) is -0.539. The summed E-state index contributed by atoms with van der Waals surface area (Å²) < 4.78 is 15.8. The van der Waals surface area contributed by atoms with E-state index in [-0.39, 0.29) is 11.5 Å². The molecule has 0 unspecified atom stereocenters. The Kier molecular flexibility index (Phi) is 7.05. The molecule has 146 valence electrons. The summed E-state index contributed by atoms with van der Waals surface area (Å²) in [6.07, 6.45) is 4.19. The maximum atomic E-state index is 12.5. The molecule has 2 rings (SSSR count). The van der Waals surface area contributed by atoms with Gasteiger partial charge in [0.15, 0.2) is 18.1 Å². The molecule has 7 heteroatoms. The lowest BCUT2D eigenvalue weighted by molar-refractivity contribution is -0.138. The van der Waals surface area contributed by atoms with Crippen molar-refractivity contribution in [3.8, 4) is 17.6 Å². The Labute approximate surface area is 159 Å². The predicted octanol–water partition coefficient (Wildman–Crippen LogP) is 2.94. The lowest BCUT2D eigenvalue weighted by atomic mass is 9.81. The zero-order chi connectivity index (χ0) is 19.9. The quantitative estimate of drug-likeness (QED) is 0.682. The first-order valence-corrected chi connectivity index (χ1v) is 9.13. The topological polar surface area (TPSA) is 88.9 Å². The summed E-state index contributed by atoms with van der Waals surface area (Å²) in [7, 11) is 3.08. The van der Waals surface area contributed by atoms with E-state index >= 15 is 0 Å². The molecule has 0 N–H and O–H groups in total. The Morgan fingerprint density at radius 2 is 1.93 bits per heavy atom. The van der Waals surface area contributed by atoms with Gasteiger partial charge in [-0.05, 0) is 38.0 Å². The summed E-state index contributed by atoms with van der Waals surface area (Å²) in [5, 5.41) is 9.57. The van der Waals surface area contributed by atoms with Crippen LogP contribution in [0.25, 0.3) is 0 Å². The Morgan fingerprint density at radius 3 is 2.52 bits per heavy atom. The van der Waals surface area contributed by atoms with E-state index in [9.17, 15) is 14.9 Å². The third kappa shape index (κ3) is 4.70. The van der Waals surface area contributed by atoms with E-state index in [1.165, 1.54) is 18.1 Å². The number of benzene rings is 1. The number of rotatable bonds is 7. The Balaban J connectivity index is 2.00. The van der Waals surface area contributed by atoms with Crippen molar-refractivity contribution >= 4 is 11.9 Å². The van der Waals surface area contributed by atoms with Gasteiger partial charge in [0, 0.05) is 7.05 Å². The van der Waals surface area contributed by atoms with E-state index in [0.717, 1.165) is 19.3 Å². The van der Waals surface area contributed by atoms with Crippen LogP contribution in [0.3, 0.4) is 0 Å². The molecule has 0 atom stereocenters. The van der Waals surface area contributed by atoms with Gasteiger partial charge in [-0.25, -0.2) is 4.79 Å². The lowest BCUT2D eigenvalue weighted by Gasteiger charge is -2.38. The molecule has 0 heterocycles. The maximum Gasteiger partial charge on any atom is 0.338 e. The molecule has 0 bridgehead atoms. The molecular weight excluding hydrogens is 348 g/mol. The van der Waals surface area contributed by atoms with Crippen LogP contribution in [0, 0.1) is 11.3 Å². The molecule has 7 nitrogen and oxygen atoms in total. The number of likely N-dealkylation sites (N-methyl/N-ethyl adjacent to an activating group) is 1. The first-order valence-electron chi connectivity index (χ1n) is 9.13. The van der Waals surface area contributed by atoms with Gasteiger partial charge in [-0.2, -0.15) is 5.26 Å². The zero-order valence-electron chi connectivity index (χ0n) is 16.1. The fraction of sp³-hybridized carbons (Fsp3) is 0.550. The molecule has 0 aromatic heterocycles. The number of nitriles is 1. The fourth-order valence-corrected chi connectivity index (χ4v) is 3.27. The van der Waals surface area contributed by atoms with Crippen LogP contribution >= 0.6 is 0 Å². The lowest BCUT2D eigenvalue weighted by Crippen LogP contribution is -2.51. The smallest absolute Gasteiger partial charge is 0.338 e. The minimum atomic E-state index is -0.801. The van der Waals surface area contributed by atoms with Crippen molar-refractivity contribution in [3.05, 3.63) is 23.8 Å².